The van der Waals surface area contributed by atoms with Crippen LogP contribution in [0.15, 0.2) is 28.9 Å². The van der Waals surface area contributed by atoms with Gasteiger partial charge in [-0.25, -0.2) is 9.18 Å². The van der Waals surface area contributed by atoms with E-state index in [1.54, 1.807) is 12.3 Å². The normalized spacial score (nSPS) is 23.1. The lowest BCUT2D eigenvalue weighted by atomic mass is 9.78. The van der Waals surface area contributed by atoms with Crippen LogP contribution >= 0.6 is 0 Å². The van der Waals surface area contributed by atoms with Crippen molar-refractivity contribution in [2.45, 2.75) is 37.6 Å². The number of ether oxygens (including phenoxy) is 1. The summed E-state index contributed by atoms with van der Waals surface area (Å²) in [6.07, 6.45) is 4.36. The number of methoxy groups -OCH3 is 1. The lowest BCUT2D eigenvalue weighted by molar-refractivity contribution is -0.140. The predicted octanol–water partition coefficient (Wildman–Crippen LogP) is 3.41. The number of hydrogen-bond acceptors (Lipinski definition) is 4. The van der Waals surface area contributed by atoms with Crippen molar-refractivity contribution in [2.75, 3.05) is 20.2 Å². The molecule has 4 rings (SSSR count). The Morgan fingerprint density at radius 2 is 2.00 bits per heavy atom. The van der Waals surface area contributed by atoms with E-state index >= 15 is 0 Å². The van der Waals surface area contributed by atoms with Gasteiger partial charge in [0.2, 0.25) is 5.91 Å². The fraction of sp³-hybridized carbons (Fsp3) is 0.500. The van der Waals surface area contributed by atoms with Crippen LogP contribution in [0.3, 0.4) is 0 Å². The first-order valence-corrected chi connectivity index (χ1v) is 9.35. The van der Waals surface area contributed by atoms with Crippen molar-refractivity contribution in [1.82, 2.24) is 10.2 Å². The largest absolute Gasteiger partial charge is 0.464 e. The molecule has 1 aromatic heterocycles. The molecule has 0 radical (unpaired) electrons. The summed E-state index contributed by atoms with van der Waals surface area (Å²) in [5.41, 5.74) is 1.67. The Bertz CT molecular complexity index is 851. The Morgan fingerprint density at radius 1 is 1.26 bits per heavy atom. The lowest BCUT2D eigenvalue weighted by Gasteiger charge is -2.40. The predicted molar refractivity (Wildman–Crippen MR) is 96.8 cm³/mol. The Labute approximate surface area is 156 Å². The molecule has 2 aromatic rings. The fourth-order valence-electron chi connectivity index (χ4n) is 4.17. The molecule has 2 fully saturated rings. The molecule has 0 atom stereocenters. The van der Waals surface area contributed by atoms with Crippen molar-refractivity contribution < 1.29 is 23.1 Å². The van der Waals surface area contributed by atoms with Gasteiger partial charge in [0, 0.05) is 42.1 Å². The number of furan rings is 1. The van der Waals surface area contributed by atoms with E-state index < -0.39 is 6.09 Å². The van der Waals surface area contributed by atoms with Gasteiger partial charge in [0.1, 0.15) is 11.4 Å². The maximum Gasteiger partial charge on any atom is 0.407 e. The third-order valence-corrected chi connectivity index (χ3v) is 5.81. The summed E-state index contributed by atoms with van der Waals surface area (Å²) in [5, 5.41) is 3.69. The summed E-state index contributed by atoms with van der Waals surface area (Å²) in [4.78, 5) is 25.8. The van der Waals surface area contributed by atoms with Gasteiger partial charge in [0.15, 0.2) is 0 Å². The van der Waals surface area contributed by atoms with Gasteiger partial charge < -0.3 is 19.4 Å². The zero-order chi connectivity index (χ0) is 19.0. The number of fused-ring (bicyclic) bond motifs is 1. The Hall–Kier alpha value is -2.57. The van der Waals surface area contributed by atoms with Gasteiger partial charge in [-0.05, 0) is 43.7 Å². The molecule has 2 aliphatic rings. The Morgan fingerprint density at radius 3 is 2.70 bits per heavy atom. The second-order valence-corrected chi connectivity index (χ2v) is 7.43. The van der Waals surface area contributed by atoms with Crippen molar-refractivity contribution >= 4 is 23.0 Å². The van der Waals surface area contributed by atoms with E-state index in [4.69, 9.17) is 4.42 Å². The van der Waals surface area contributed by atoms with Crippen LogP contribution in [-0.2, 0) is 9.53 Å². The lowest BCUT2D eigenvalue weighted by Crippen LogP contribution is -2.51. The van der Waals surface area contributed by atoms with Gasteiger partial charge in [-0.3, -0.25) is 4.79 Å². The highest BCUT2D eigenvalue weighted by atomic mass is 19.1. The van der Waals surface area contributed by atoms with E-state index in [9.17, 15) is 14.0 Å². The molecule has 1 aliphatic carbocycles. The number of benzene rings is 1. The molecule has 0 unspecified atom stereocenters. The van der Waals surface area contributed by atoms with Crippen LogP contribution in [0.25, 0.3) is 11.0 Å². The van der Waals surface area contributed by atoms with E-state index in [0.29, 0.717) is 37.4 Å². The van der Waals surface area contributed by atoms with Crippen molar-refractivity contribution in [1.29, 1.82) is 0 Å². The third-order valence-electron chi connectivity index (χ3n) is 5.81. The summed E-state index contributed by atoms with van der Waals surface area (Å²) >= 11 is 0. The van der Waals surface area contributed by atoms with Crippen molar-refractivity contribution in [2.24, 2.45) is 5.92 Å². The monoisotopic (exact) mass is 374 g/mol. The highest BCUT2D eigenvalue weighted by Gasteiger charge is 2.38. The van der Waals surface area contributed by atoms with Crippen LogP contribution in [0.4, 0.5) is 9.18 Å². The summed E-state index contributed by atoms with van der Waals surface area (Å²) < 4.78 is 23.4. The SMILES string of the molecule is COC(=O)NC1CC(C(=O)N2CCC(c3coc4cc(F)ccc34)CC2)C1. The van der Waals surface area contributed by atoms with Crippen molar-refractivity contribution in [3.63, 3.8) is 0 Å². The smallest absolute Gasteiger partial charge is 0.407 e. The molecule has 2 heterocycles. The van der Waals surface area contributed by atoms with E-state index in [2.05, 4.69) is 10.1 Å². The quantitative estimate of drug-likeness (QED) is 0.894. The molecule has 1 aliphatic heterocycles. The summed E-state index contributed by atoms with van der Waals surface area (Å²) in [5.74, 6) is 0.178. The van der Waals surface area contributed by atoms with Gasteiger partial charge in [0.05, 0.1) is 13.4 Å². The maximum atomic E-state index is 13.3. The van der Waals surface area contributed by atoms with Gasteiger partial charge in [-0.1, -0.05) is 0 Å². The molecule has 0 bridgehead atoms. The first-order valence-electron chi connectivity index (χ1n) is 9.35. The van der Waals surface area contributed by atoms with Crippen LogP contribution in [0.1, 0.15) is 37.2 Å². The standard InChI is InChI=1S/C20H23FN2O4/c1-26-20(25)22-15-8-13(9-15)19(24)23-6-4-12(5-7-23)17-11-27-18-10-14(21)2-3-16(17)18/h2-3,10-13,15H,4-9H2,1H3,(H,22,25). The number of hydrogen-bond donors (Lipinski definition) is 1. The van der Waals surface area contributed by atoms with Crippen LogP contribution in [-0.4, -0.2) is 43.1 Å². The minimum atomic E-state index is -0.445. The minimum Gasteiger partial charge on any atom is -0.464 e. The molecule has 1 N–H and O–H groups in total. The molecule has 144 valence electrons. The molecule has 1 aromatic carbocycles. The van der Waals surface area contributed by atoms with Crippen LogP contribution in [0, 0.1) is 11.7 Å². The van der Waals surface area contributed by atoms with Gasteiger partial charge in [0.25, 0.3) is 0 Å². The van der Waals surface area contributed by atoms with E-state index in [-0.39, 0.29) is 23.7 Å². The average molecular weight is 374 g/mol. The second-order valence-electron chi connectivity index (χ2n) is 7.43. The molecular weight excluding hydrogens is 351 g/mol. The highest BCUT2D eigenvalue weighted by Crippen LogP contribution is 2.36. The van der Waals surface area contributed by atoms with Crippen LogP contribution < -0.4 is 5.32 Å². The van der Waals surface area contributed by atoms with Crippen molar-refractivity contribution in [3.8, 4) is 0 Å². The first-order chi connectivity index (χ1) is 13.0. The van der Waals surface area contributed by atoms with Crippen molar-refractivity contribution in [3.05, 3.63) is 35.8 Å². The third kappa shape index (κ3) is 3.50. The molecule has 1 saturated carbocycles. The molecular formula is C20H23FN2O4. The Balaban J connectivity index is 1.31. The summed E-state index contributed by atoms with van der Waals surface area (Å²) in [6, 6.07) is 4.66. The Kier molecular flexibility index (Phi) is 4.76. The molecule has 0 spiro atoms. The number of carbonyl (C=O) groups is 2. The number of halogens is 1. The number of carbonyl (C=O) groups excluding carboxylic acids is 2. The molecule has 27 heavy (non-hydrogen) atoms. The van der Waals surface area contributed by atoms with Crippen LogP contribution in [0.5, 0.6) is 0 Å². The van der Waals surface area contributed by atoms with E-state index in [1.165, 1.54) is 19.2 Å². The molecule has 6 nitrogen and oxygen atoms in total. The number of nitrogens with zero attached hydrogens (tertiary/aromatic N) is 1. The number of amides is 2. The summed E-state index contributed by atoms with van der Waals surface area (Å²) in [7, 11) is 1.33. The number of piperidine rings is 1. The summed E-state index contributed by atoms with van der Waals surface area (Å²) in [6.45, 7) is 1.42. The number of rotatable bonds is 3. The fourth-order valence-corrected chi connectivity index (χ4v) is 4.17. The number of nitrogens with one attached hydrogen (secondary N) is 1. The number of likely N-dealkylation sites (tertiary alicyclic amines) is 1. The zero-order valence-electron chi connectivity index (χ0n) is 15.2. The average Bonchev–Trinajstić information content (AvgIpc) is 3.06. The topological polar surface area (TPSA) is 71.8 Å². The minimum absolute atomic E-state index is 0.0126. The first kappa shape index (κ1) is 17.8. The van der Waals surface area contributed by atoms with Crippen LogP contribution in [0.2, 0.25) is 0 Å². The molecule has 7 heteroatoms. The maximum absolute atomic E-state index is 13.3. The zero-order valence-corrected chi connectivity index (χ0v) is 15.2. The van der Waals surface area contributed by atoms with E-state index in [0.717, 1.165) is 23.8 Å². The van der Waals surface area contributed by atoms with Gasteiger partial charge in [-0.15, -0.1) is 0 Å². The van der Waals surface area contributed by atoms with Gasteiger partial charge >= 0.3 is 6.09 Å². The highest BCUT2D eigenvalue weighted by molar-refractivity contribution is 5.82. The van der Waals surface area contributed by atoms with Gasteiger partial charge in [-0.2, -0.15) is 0 Å². The molecule has 2 amide bonds. The molecule has 1 saturated heterocycles. The second kappa shape index (κ2) is 7.21. The number of alkyl carbamates (subject to hydrolysis) is 1. The van der Waals surface area contributed by atoms with E-state index in [1.807, 2.05) is 4.90 Å².